The molecule has 34 heavy (non-hydrogen) atoms. The molecular formula is C27H29N5O2. The van der Waals surface area contributed by atoms with E-state index < -0.39 is 0 Å². The number of aromatic nitrogens is 2. The van der Waals surface area contributed by atoms with Gasteiger partial charge in [0.1, 0.15) is 0 Å². The summed E-state index contributed by atoms with van der Waals surface area (Å²) in [4.78, 5) is 31.6. The molecule has 1 atom stereocenters. The largest absolute Gasteiger partial charge is 0.355 e. The Bertz CT molecular complexity index is 1150. The highest BCUT2D eigenvalue weighted by Gasteiger charge is 2.28. The van der Waals surface area contributed by atoms with Crippen LogP contribution in [0.15, 0.2) is 67.1 Å². The fourth-order valence-electron chi connectivity index (χ4n) is 4.34. The molecule has 2 amide bonds. The number of benzene rings is 2. The first kappa shape index (κ1) is 23.2. The van der Waals surface area contributed by atoms with E-state index in [1.54, 1.807) is 6.33 Å². The summed E-state index contributed by atoms with van der Waals surface area (Å²) in [6.07, 6.45) is 6.30. The summed E-state index contributed by atoms with van der Waals surface area (Å²) in [6.45, 7) is 2.38. The number of piperidine rings is 1. The summed E-state index contributed by atoms with van der Waals surface area (Å²) in [5.41, 5.74) is 3.76. The first-order valence-corrected chi connectivity index (χ1v) is 11.7. The number of carbonyl (C=O) groups is 2. The van der Waals surface area contributed by atoms with Gasteiger partial charge in [-0.25, -0.2) is 4.98 Å². The van der Waals surface area contributed by atoms with Crippen LogP contribution in [0.3, 0.4) is 0 Å². The van der Waals surface area contributed by atoms with E-state index in [0.29, 0.717) is 44.6 Å². The Hall–Kier alpha value is -3.92. The number of rotatable bonds is 8. The maximum atomic E-state index is 12.8. The van der Waals surface area contributed by atoms with Gasteiger partial charge >= 0.3 is 0 Å². The van der Waals surface area contributed by atoms with Crippen LogP contribution in [-0.4, -0.2) is 45.9 Å². The van der Waals surface area contributed by atoms with E-state index in [1.807, 2.05) is 65.7 Å². The Morgan fingerprint density at radius 2 is 1.88 bits per heavy atom. The lowest BCUT2D eigenvalue weighted by Crippen LogP contribution is -2.46. The summed E-state index contributed by atoms with van der Waals surface area (Å²) in [6, 6.07) is 19.4. The molecule has 0 saturated carbocycles. The number of nitrogens with zero attached hydrogens (tertiary/aromatic N) is 4. The van der Waals surface area contributed by atoms with E-state index in [1.165, 1.54) is 0 Å². The van der Waals surface area contributed by atoms with Crippen molar-refractivity contribution < 1.29 is 9.59 Å². The van der Waals surface area contributed by atoms with Crippen LogP contribution in [0.4, 0.5) is 0 Å². The minimum atomic E-state index is -0.169. The zero-order valence-electron chi connectivity index (χ0n) is 19.2. The maximum Gasteiger partial charge on any atom is 0.227 e. The van der Waals surface area contributed by atoms with Gasteiger partial charge in [-0.05, 0) is 36.1 Å². The molecule has 7 nitrogen and oxygen atoms in total. The minimum Gasteiger partial charge on any atom is -0.355 e. The second-order valence-electron chi connectivity index (χ2n) is 8.70. The zero-order chi connectivity index (χ0) is 23.8. The number of amides is 2. The second kappa shape index (κ2) is 11.3. The zero-order valence-corrected chi connectivity index (χ0v) is 19.2. The van der Waals surface area contributed by atoms with Gasteiger partial charge in [0.25, 0.3) is 0 Å². The third-order valence-corrected chi connectivity index (χ3v) is 6.26. The molecule has 1 fully saturated rings. The van der Waals surface area contributed by atoms with E-state index in [2.05, 4.69) is 20.9 Å². The fourth-order valence-corrected chi connectivity index (χ4v) is 4.34. The summed E-state index contributed by atoms with van der Waals surface area (Å²) in [7, 11) is 0. The van der Waals surface area contributed by atoms with Crippen LogP contribution in [0.5, 0.6) is 0 Å². The number of likely N-dealkylation sites (tertiary alicyclic amines) is 1. The number of hydrogen-bond acceptors (Lipinski definition) is 4. The van der Waals surface area contributed by atoms with Crippen molar-refractivity contribution >= 4 is 11.8 Å². The SMILES string of the molecule is N#Cc1ccc(Cn2cncc2CCNC(=O)[C@H]2CCCN(C(=O)Cc3ccccc3)C2)cc1. The molecule has 2 aromatic carbocycles. The maximum absolute atomic E-state index is 12.8. The van der Waals surface area contributed by atoms with Gasteiger partial charge in [0, 0.05) is 44.5 Å². The van der Waals surface area contributed by atoms with Gasteiger partial charge in [-0.1, -0.05) is 42.5 Å². The van der Waals surface area contributed by atoms with Gasteiger partial charge in [-0.3, -0.25) is 9.59 Å². The molecule has 0 bridgehead atoms. The lowest BCUT2D eigenvalue weighted by Gasteiger charge is -2.32. The number of hydrogen-bond donors (Lipinski definition) is 1. The van der Waals surface area contributed by atoms with Crippen LogP contribution in [0.1, 0.15) is 35.2 Å². The molecule has 1 N–H and O–H groups in total. The molecule has 3 aromatic rings. The molecule has 1 saturated heterocycles. The van der Waals surface area contributed by atoms with Crippen molar-refractivity contribution in [1.82, 2.24) is 19.8 Å². The molecule has 0 spiro atoms. The van der Waals surface area contributed by atoms with Crippen LogP contribution < -0.4 is 5.32 Å². The van der Waals surface area contributed by atoms with Gasteiger partial charge in [-0.15, -0.1) is 0 Å². The van der Waals surface area contributed by atoms with Crippen molar-refractivity contribution in [3.05, 3.63) is 89.5 Å². The third kappa shape index (κ3) is 6.10. The minimum absolute atomic E-state index is 0.00960. The highest BCUT2D eigenvalue weighted by molar-refractivity contribution is 5.82. The summed E-state index contributed by atoms with van der Waals surface area (Å²) >= 11 is 0. The van der Waals surface area contributed by atoms with E-state index in [9.17, 15) is 9.59 Å². The lowest BCUT2D eigenvalue weighted by atomic mass is 9.96. The molecule has 1 aliphatic heterocycles. The molecule has 174 valence electrons. The van der Waals surface area contributed by atoms with E-state index in [-0.39, 0.29) is 17.7 Å². The molecule has 1 aliphatic rings. The second-order valence-corrected chi connectivity index (χ2v) is 8.70. The number of nitrogens with one attached hydrogen (secondary N) is 1. The highest BCUT2D eigenvalue weighted by atomic mass is 16.2. The van der Waals surface area contributed by atoms with E-state index in [4.69, 9.17) is 5.26 Å². The quantitative estimate of drug-likeness (QED) is 0.565. The smallest absolute Gasteiger partial charge is 0.227 e. The predicted molar refractivity (Wildman–Crippen MR) is 129 cm³/mol. The number of carbonyl (C=O) groups excluding carboxylic acids is 2. The van der Waals surface area contributed by atoms with Crippen LogP contribution >= 0.6 is 0 Å². The van der Waals surface area contributed by atoms with Crippen molar-refractivity contribution in [2.45, 2.75) is 32.2 Å². The van der Waals surface area contributed by atoms with Crippen molar-refractivity contribution in [2.24, 2.45) is 5.92 Å². The van der Waals surface area contributed by atoms with Gasteiger partial charge in [0.15, 0.2) is 0 Å². The Kier molecular flexibility index (Phi) is 7.71. The fraction of sp³-hybridized carbons (Fsp3) is 0.333. The van der Waals surface area contributed by atoms with Crippen LogP contribution in [-0.2, 0) is 29.0 Å². The average molecular weight is 456 g/mol. The Morgan fingerprint density at radius 1 is 1.09 bits per heavy atom. The van der Waals surface area contributed by atoms with Crippen LogP contribution in [0.25, 0.3) is 0 Å². The van der Waals surface area contributed by atoms with Gasteiger partial charge < -0.3 is 14.8 Å². The summed E-state index contributed by atoms with van der Waals surface area (Å²) < 4.78 is 2.05. The standard InChI is InChI=1S/C27H29N5O2/c28-16-22-8-10-23(11-9-22)18-32-20-29-17-25(32)12-13-30-27(34)24-7-4-14-31(19-24)26(33)15-21-5-2-1-3-6-21/h1-3,5-6,8-11,17,20,24H,4,7,12-15,18-19H2,(H,30,34)/t24-/m0/s1. The predicted octanol–water partition coefficient (Wildman–Crippen LogP) is 2.94. The Balaban J connectivity index is 1.25. The highest BCUT2D eigenvalue weighted by Crippen LogP contribution is 2.18. The monoisotopic (exact) mass is 455 g/mol. The van der Waals surface area contributed by atoms with Crippen LogP contribution in [0, 0.1) is 17.2 Å². The average Bonchev–Trinajstić information content (AvgIpc) is 3.31. The number of nitriles is 1. The molecule has 7 heteroatoms. The number of imidazole rings is 1. The molecule has 4 rings (SSSR count). The lowest BCUT2D eigenvalue weighted by molar-refractivity contribution is -0.135. The van der Waals surface area contributed by atoms with Crippen molar-refractivity contribution in [1.29, 1.82) is 5.26 Å². The molecule has 2 heterocycles. The molecule has 0 aliphatic carbocycles. The van der Waals surface area contributed by atoms with Crippen LogP contribution in [0.2, 0.25) is 0 Å². The first-order valence-electron chi connectivity index (χ1n) is 11.7. The van der Waals surface area contributed by atoms with E-state index >= 15 is 0 Å². The molecule has 0 radical (unpaired) electrons. The summed E-state index contributed by atoms with van der Waals surface area (Å²) in [5, 5.41) is 12.0. The van der Waals surface area contributed by atoms with Gasteiger partial charge in [-0.2, -0.15) is 5.26 Å². The molecule has 0 unspecified atom stereocenters. The normalized spacial score (nSPS) is 15.5. The van der Waals surface area contributed by atoms with Crippen molar-refractivity contribution in [2.75, 3.05) is 19.6 Å². The first-order chi connectivity index (χ1) is 16.6. The topological polar surface area (TPSA) is 91.0 Å². The van der Waals surface area contributed by atoms with Crippen molar-refractivity contribution in [3.8, 4) is 6.07 Å². The Morgan fingerprint density at radius 3 is 2.65 bits per heavy atom. The molecular weight excluding hydrogens is 426 g/mol. The van der Waals surface area contributed by atoms with Gasteiger partial charge in [0.05, 0.1) is 30.3 Å². The third-order valence-electron chi connectivity index (χ3n) is 6.26. The molecule has 1 aromatic heterocycles. The van der Waals surface area contributed by atoms with Crippen molar-refractivity contribution in [3.63, 3.8) is 0 Å². The van der Waals surface area contributed by atoms with E-state index in [0.717, 1.165) is 29.7 Å². The van der Waals surface area contributed by atoms with Gasteiger partial charge in [0.2, 0.25) is 11.8 Å². The summed E-state index contributed by atoms with van der Waals surface area (Å²) in [5.74, 6) is -0.0807. The Labute approximate surface area is 200 Å².